The number of furan rings is 1. The van der Waals surface area contributed by atoms with Crippen LogP contribution in [0, 0.1) is 0 Å². The number of benzene rings is 2. The zero-order valence-corrected chi connectivity index (χ0v) is 17.0. The van der Waals surface area contributed by atoms with Gasteiger partial charge in [0.05, 0.1) is 17.2 Å². The van der Waals surface area contributed by atoms with Crippen molar-refractivity contribution < 1.29 is 18.8 Å². The average molecular weight is 442 g/mol. The molecule has 1 aliphatic rings. The summed E-state index contributed by atoms with van der Waals surface area (Å²) in [6, 6.07) is 15.1. The van der Waals surface area contributed by atoms with E-state index in [1.165, 1.54) is 18.0 Å². The van der Waals surface area contributed by atoms with Gasteiger partial charge in [-0.1, -0.05) is 17.7 Å². The molecule has 152 valence electrons. The van der Waals surface area contributed by atoms with Gasteiger partial charge in [-0.15, -0.1) is 11.8 Å². The van der Waals surface area contributed by atoms with Gasteiger partial charge in [0.25, 0.3) is 5.91 Å². The van der Waals surface area contributed by atoms with Crippen LogP contribution in [0.3, 0.4) is 0 Å². The van der Waals surface area contributed by atoms with E-state index < -0.39 is 11.2 Å². The second-order valence-corrected chi connectivity index (χ2v) is 8.18. The van der Waals surface area contributed by atoms with E-state index in [-0.39, 0.29) is 24.0 Å². The van der Waals surface area contributed by atoms with Crippen molar-refractivity contribution in [3.8, 4) is 0 Å². The number of amides is 3. The second-order valence-electron chi connectivity index (χ2n) is 6.50. The van der Waals surface area contributed by atoms with E-state index in [4.69, 9.17) is 16.0 Å². The van der Waals surface area contributed by atoms with Crippen molar-refractivity contribution in [2.75, 3.05) is 16.0 Å². The van der Waals surface area contributed by atoms with Crippen molar-refractivity contribution in [1.29, 1.82) is 0 Å². The molecule has 3 aromatic rings. The summed E-state index contributed by atoms with van der Waals surface area (Å²) >= 11 is 7.28. The molecule has 0 bridgehead atoms. The maximum Gasteiger partial charge on any atom is 0.291 e. The average Bonchev–Trinajstić information content (AvgIpc) is 3.24. The van der Waals surface area contributed by atoms with Crippen LogP contribution in [0.5, 0.6) is 0 Å². The maximum absolute atomic E-state index is 12.5. The van der Waals surface area contributed by atoms with Crippen LogP contribution in [0.2, 0.25) is 5.02 Å². The van der Waals surface area contributed by atoms with E-state index in [0.717, 1.165) is 4.90 Å². The van der Waals surface area contributed by atoms with Crippen LogP contribution in [-0.2, 0) is 9.59 Å². The summed E-state index contributed by atoms with van der Waals surface area (Å²) in [7, 11) is 0. The predicted molar refractivity (Wildman–Crippen MR) is 116 cm³/mol. The van der Waals surface area contributed by atoms with E-state index in [9.17, 15) is 14.4 Å². The topological polar surface area (TPSA) is 100 Å². The van der Waals surface area contributed by atoms with Crippen LogP contribution < -0.4 is 16.0 Å². The van der Waals surface area contributed by atoms with Gasteiger partial charge in [0, 0.05) is 27.7 Å². The highest BCUT2D eigenvalue weighted by Gasteiger charge is 2.29. The van der Waals surface area contributed by atoms with Crippen LogP contribution in [0.1, 0.15) is 17.0 Å². The van der Waals surface area contributed by atoms with Gasteiger partial charge in [-0.25, -0.2) is 0 Å². The molecule has 0 saturated carbocycles. The largest absolute Gasteiger partial charge is 0.459 e. The van der Waals surface area contributed by atoms with Gasteiger partial charge < -0.3 is 20.4 Å². The molecule has 0 fully saturated rings. The lowest BCUT2D eigenvalue weighted by atomic mass is 10.2. The Bertz CT molecular complexity index is 1120. The Hall–Kier alpha value is -3.23. The van der Waals surface area contributed by atoms with Crippen LogP contribution in [0.4, 0.5) is 17.1 Å². The molecule has 3 N–H and O–H groups in total. The highest BCUT2D eigenvalue weighted by Crippen LogP contribution is 2.38. The molecule has 0 aliphatic carbocycles. The van der Waals surface area contributed by atoms with Crippen molar-refractivity contribution in [3.05, 3.63) is 71.6 Å². The first-order valence-electron chi connectivity index (χ1n) is 9.00. The van der Waals surface area contributed by atoms with E-state index in [0.29, 0.717) is 22.1 Å². The minimum absolute atomic E-state index is 0.00154. The number of nitrogens with one attached hydrogen (secondary N) is 3. The maximum atomic E-state index is 12.5. The van der Waals surface area contributed by atoms with Crippen LogP contribution in [-0.4, -0.2) is 23.0 Å². The molecule has 1 unspecified atom stereocenters. The van der Waals surface area contributed by atoms with Gasteiger partial charge in [0.1, 0.15) is 0 Å². The quantitative estimate of drug-likeness (QED) is 0.536. The van der Waals surface area contributed by atoms with Crippen molar-refractivity contribution in [3.63, 3.8) is 0 Å². The van der Waals surface area contributed by atoms with E-state index >= 15 is 0 Å². The van der Waals surface area contributed by atoms with Crippen molar-refractivity contribution in [2.45, 2.75) is 16.6 Å². The molecule has 2 aromatic carbocycles. The first-order valence-corrected chi connectivity index (χ1v) is 10.3. The Morgan fingerprint density at radius 3 is 2.63 bits per heavy atom. The molecule has 0 radical (unpaired) electrons. The molecule has 7 nitrogen and oxygen atoms in total. The van der Waals surface area contributed by atoms with Crippen molar-refractivity contribution in [2.24, 2.45) is 0 Å². The molecule has 2 heterocycles. The number of thioether (sulfide) groups is 1. The minimum atomic E-state index is -0.555. The van der Waals surface area contributed by atoms with Gasteiger partial charge in [-0.3, -0.25) is 14.4 Å². The van der Waals surface area contributed by atoms with Crippen molar-refractivity contribution >= 4 is 58.1 Å². The molecule has 9 heteroatoms. The van der Waals surface area contributed by atoms with Crippen LogP contribution >= 0.6 is 23.4 Å². The molecule has 0 spiro atoms. The van der Waals surface area contributed by atoms with E-state index in [1.54, 1.807) is 48.5 Å². The lowest BCUT2D eigenvalue weighted by Gasteiger charge is -2.23. The monoisotopic (exact) mass is 441 g/mol. The van der Waals surface area contributed by atoms with Gasteiger partial charge in [0.2, 0.25) is 11.8 Å². The Morgan fingerprint density at radius 1 is 1.07 bits per heavy atom. The third-order valence-corrected chi connectivity index (χ3v) is 5.79. The van der Waals surface area contributed by atoms with Crippen molar-refractivity contribution in [1.82, 2.24) is 0 Å². The van der Waals surface area contributed by atoms with Crippen LogP contribution in [0.25, 0.3) is 0 Å². The number of hydrogen-bond acceptors (Lipinski definition) is 5. The number of rotatable bonds is 5. The lowest BCUT2D eigenvalue weighted by molar-refractivity contribution is -0.120. The smallest absolute Gasteiger partial charge is 0.291 e. The third-order valence-electron chi connectivity index (χ3n) is 4.28. The Morgan fingerprint density at radius 2 is 1.87 bits per heavy atom. The number of hydrogen-bond donors (Lipinski definition) is 3. The zero-order chi connectivity index (χ0) is 21.1. The summed E-state index contributed by atoms with van der Waals surface area (Å²) in [4.78, 5) is 37.8. The lowest BCUT2D eigenvalue weighted by Crippen LogP contribution is -2.32. The Kier molecular flexibility index (Phi) is 5.78. The number of fused-ring (bicyclic) bond motifs is 1. The molecule has 4 rings (SSSR count). The summed E-state index contributed by atoms with van der Waals surface area (Å²) in [5, 5.41) is 8.22. The Balaban J connectivity index is 1.38. The number of carbonyl (C=O) groups is 3. The standard InChI is InChI=1S/C21H16ClN3O4S/c22-12-6-7-17-15(9-12)25-21(28)18(30-17)11-19(26)23-13-3-1-4-14(10-13)24-20(27)16-5-2-8-29-16/h1-10,18H,11H2,(H,23,26)(H,24,27)(H,25,28). The van der Waals surface area contributed by atoms with E-state index in [1.807, 2.05) is 6.07 Å². The number of carbonyl (C=O) groups excluding carboxylic acids is 3. The molecule has 0 saturated heterocycles. The molecule has 30 heavy (non-hydrogen) atoms. The predicted octanol–water partition coefficient (Wildman–Crippen LogP) is 4.63. The second kappa shape index (κ2) is 8.64. The zero-order valence-electron chi connectivity index (χ0n) is 15.5. The van der Waals surface area contributed by atoms with Gasteiger partial charge in [0.15, 0.2) is 5.76 Å². The number of halogens is 1. The highest BCUT2D eigenvalue weighted by molar-refractivity contribution is 8.01. The SMILES string of the molecule is O=C(CC1Sc2ccc(Cl)cc2NC1=O)Nc1cccc(NC(=O)c2ccco2)c1. The molecule has 3 amide bonds. The number of anilines is 3. The molecule has 1 aliphatic heterocycles. The first-order chi connectivity index (χ1) is 14.5. The summed E-state index contributed by atoms with van der Waals surface area (Å²) < 4.78 is 5.06. The summed E-state index contributed by atoms with van der Waals surface area (Å²) in [5.74, 6) is -0.761. The fourth-order valence-corrected chi connectivity index (χ4v) is 4.18. The molecule has 1 atom stereocenters. The van der Waals surface area contributed by atoms with Gasteiger partial charge >= 0.3 is 0 Å². The van der Waals surface area contributed by atoms with Crippen LogP contribution in [0.15, 0.2) is 70.2 Å². The molecule has 1 aromatic heterocycles. The summed E-state index contributed by atoms with van der Waals surface area (Å²) in [6.45, 7) is 0. The Labute approximate surface area is 181 Å². The summed E-state index contributed by atoms with van der Waals surface area (Å²) in [6.07, 6.45) is 1.42. The molecular formula is C21H16ClN3O4S. The fourth-order valence-electron chi connectivity index (χ4n) is 2.91. The third kappa shape index (κ3) is 4.67. The normalized spacial score (nSPS) is 15.1. The van der Waals surface area contributed by atoms with Gasteiger partial charge in [-0.2, -0.15) is 0 Å². The minimum Gasteiger partial charge on any atom is -0.459 e. The first kappa shape index (κ1) is 20.1. The van der Waals surface area contributed by atoms with Gasteiger partial charge in [-0.05, 0) is 48.5 Å². The summed E-state index contributed by atoms with van der Waals surface area (Å²) in [5.41, 5.74) is 1.66. The molecular weight excluding hydrogens is 426 g/mol. The highest BCUT2D eigenvalue weighted by atomic mass is 35.5. The fraction of sp³-hybridized carbons (Fsp3) is 0.0952. The van der Waals surface area contributed by atoms with E-state index in [2.05, 4.69) is 16.0 Å².